The summed E-state index contributed by atoms with van der Waals surface area (Å²) in [6.07, 6.45) is -0.00329. The van der Waals surface area contributed by atoms with Gasteiger partial charge in [0.15, 0.2) is 0 Å². The standard InChI is InChI=1S/C6H11IO2/c1-3-5(9)6(7)4(2)8/h4,6,8H,3H2,1-2H3/t4-,6-/m0/s1. The first-order chi connectivity index (χ1) is 4.09. The van der Waals surface area contributed by atoms with E-state index in [1.54, 1.807) is 13.8 Å². The first kappa shape index (κ1) is 9.36. The quantitative estimate of drug-likeness (QED) is 0.595. The van der Waals surface area contributed by atoms with Crippen molar-refractivity contribution in [3.63, 3.8) is 0 Å². The number of ketones is 1. The van der Waals surface area contributed by atoms with Gasteiger partial charge in [-0.1, -0.05) is 29.5 Å². The minimum Gasteiger partial charge on any atom is -0.392 e. The van der Waals surface area contributed by atoms with Gasteiger partial charge in [-0.25, -0.2) is 0 Å². The van der Waals surface area contributed by atoms with Crippen LogP contribution in [0.1, 0.15) is 20.3 Å². The Bertz CT molecular complexity index is 101. The molecule has 0 aromatic carbocycles. The molecule has 0 aliphatic carbocycles. The molecule has 0 rings (SSSR count). The van der Waals surface area contributed by atoms with Gasteiger partial charge in [0, 0.05) is 6.42 Å². The van der Waals surface area contributed by atoms with Crippen LogP contribution in [0, 0.1) is 0 Å². The summed E-state index contributed by atoms with van der Waals surface area (Å²) in [6, 6.07) is 0. The molecule has 0 fully saturated rings. The Kier molecular flexibility index (Phi) is 4.39. The van der Waals surface area contributed by atoms with Crippen molar-refractivity contribution in [2.45, 2.75) is 30.3 Å². The van der Waals surface area contributed by atoms with Crippen LogP contribution in [0.25, 0.3) is 0 Å². The van der Waals surface area contributed by atoms with E-state index >= 15 is 0 Å². The molecule has 0 unspecified atom stereocenters. The molecule has 9 heavy (non-hydrogen) atoms. The van der Waals surface area contributed by atoms with Crippen molar-refractivity contribution in [3.05, 3.63) is 0 Å². The van der Waals surface area contributed by atoms with Crippen LogP contribution in [0.2, 0.25) is 0 Å². The molecule has 0 saturated heterocycles. The van der Waals surface area contributed by atoms with Gasteiger partial charge in [0.1, 0.15) is 5.78 Å². The first-order valence-electron chi connectivity index (χ1n) is 2.94. The zero-order valence-electron chi connectivity index (χ0n) is 5.60. The maximum absolute atomic E-state index is 10.8. The molecular formula is C6H11IO2. The molecule has 2 atom stereocenters. The van der Waals surface area contributed by atoms with Gasteiger partial charge in [-0.3, -0.25) is 4.79 Å². The highest BCUT2D eigenvalue weighted by Gasteiger charge is 2.17. The number of carbonyl (C=O) groups excluding carboxylic acids is 1. The van der Waals surface area contributed by atoms with Gasteiger partial charge in [-0.05, 0) is 6.92 Å². The normalized spacial score (nSPS) is 16.9. The van der Waals surface area contributed by atoms with E-state index in [-0.39, 0.29) is 9.71 Å². The van der Waals surface area contributed by atoms with Gasteiger partial charge in [-0.15, -0.1) is 0 Å². The zero-order valence-corrected chi connectivity index (χ0v) is 7.75. The van der Waals surface area contributed by atoms with Crippen LogP contribution in [-0.2, 0) is 4.79 Å². The minimum atomic E-state index is -0.516. The molecule has 0 aliphatic rings. The molecule has 1 N–H and O–H groups in total. The monoisotopic (exact) mass is 242 g/mol. The Morgan fingerprint density at radius 3 is 2.33 bits per heavy atom. The van der Waals surface area contributed by atoms with Crippen molar-refractivity contribution in [2.24, 2.45) is 0 Å². The van der Waals surface area contributed by atoms with Crippen LogP contribution >= 0.6 is 22.6 Å². The lowest BCUT2D eigenvalue weighted by atomic mass is 10.2. The van der Waals surface area contributed by atoms with E-state index in [0.29, 0.717) is 6.42 Å². The summed E-state index contributed by atoms with van der Waals surface area (Å²) >= 11 is 1.96. The van der Waals surface area contributed by atoms with E-state index in [9.17, 15) is 4.79 Å². The molecule has 0 aromatic heterocycles. The van der Waals surface area contributed by atoms with Crippen molar-refractivity contribution in [1.29, 1.82) is 0 Å². The van der Waals surface area contributed by atoms with Crippen molar-refractivity contribution in [3.8, 4) is 0 Å². The molecule has 0 heterocycles. The summed E-state index contributed by atoms with van der Waals surface area (Å²) in [7, 11) is 0. The number of Topliss-reactive ketones (excluding diaryl/α,β-unsaturated/α-hetero) is 1. The van der Waals surface area contributed by atoms with Gasteiger partial charge in [-0.2, -0.15) is 0 Å². The number of rotatable bonds is 3. The summed E-state index contributed by atoms with van der Waals surface area (Å²) in [5.41, 5.74) is 0. The number of alkyl halides is 1. The molecule has 0 aliphatic heterocycles. The van der Waals surface area contributed by atoms with Gasteiger partial charge in [0.25, 0.3) is 0 Å². The van der Waals surface area contributed by atoms with Crippen molar-refractivity contribution < 1.29 is 9.90 Å². The lowest BCUT2D eigenvalue weighted by molar-refractivity contribution is -0.119. The SMILES string of the molecule is CCC(=O)[C@@H](I)[C@H](C)O. The molecule has 0 radical (unpaired) electrons. The van der Waals surface area contributed by atoms with Crippen LogP contribution < -0.4 is 0 Å². The van der Waals surface area contributed by atoms with Crippen molar-refractivity contribution >= 4 is 28.4 Å². The fourth-order valence-corrected chi connectivity index (χ4v) is 0.904. The lowest BCUT2D eigenvalue weighted by Crippen LogP contribution is -2.24. The Hall–Kier alpha value is 0.360. The molecule has 0 saturated carbocycles. The number of aliphatic hydroxyl groups is 1. The molecule has 2 nitrogen and oxygen atoms in total. The number of carbonyl (C=O) groups is 1. The fraction of sp³-hybridized carbons (Fsp3) is 0.833. The van der Waals surface area contributed by atoms with Crippen LogP contribution in [-0.4, -0.2) is 20.9 Å². The molecular weight excluding hydrogens is 231 g/mol. The van der Waals surface area contributed by atoms with Gasteiger partial charge >= 0.3 is 0 Å². The number of hydrogen-bond donors (Lipinski definition) is 1. The maximum atomic E-state index is 10.8. The lowest BCUT2D eigenvalue weighted by Gasteiger charge is -2.08. The van der Waals surface area contributed by atoms with Gasteiger partial charge in [0.05, 0.1) is 10.0 Å². The van der Waals surface area contributed by atoms with Crippen LogP contribution in [0.15, 0.2) is 0 Å². The number of aliphatic hydroxyl groups excluding tert-OH is 1. The summed E-state index contributed by atoms with van der Waals surface area (Å²) in [5.74, 6) is 0.116. The molecule has 0 spiro atoms. The van der Waals surface area contributed by atoms with Crippen molar-refractivity contribution in [1.82, 2.24) is 0 Å². The number of halogens is 1. The summed E-state index contributed by atoms with van der Waals surface area (Å²) < 4.78 is -0.229. The van der Waals surface area contributed by atoms with E-state index in [1.807, 2.05) is 22.6 Å². The van der Waals surface area contributed by atoms with E-state index in [2.05, 4.69) is 0 Å². The molecule has 0 amide bonds. The van der Waals surface area contributed by atoms with E-state index in [0.717, 1.165) is 0 Å². The highest BCUT2D eigenvalue weighted by Crippen LogP contribution is 2.08. The second kappa shape index (κ2) is 4.22. The van der Waals surface area contributed by atoms with E-state index < -0.39 is 6.10 Å². The van der Waals surface area contributed by atoms with Crippen LogP contribution in [0.3, 0.4) is 0 Å². The van der Waals surface area contributed by atoms with Crippen LogP contribution in [0.4, 0.5) is 0 Å². The Morgan fingerprint density at radius 2 is 2.22 bits per heavy atom. The van der Waals surface area contributed by atoms with Crippen LogP contribution in [0.5, 0.6) is 0 Å². The number of hydrogen-bond acceptors (Lipinski definition) is 2. The summed E-state index contributed by atoms with van der Waals surface area (Å²) in [4.78, 5) is 10.8. The predicted octanol–water partition coefficient (Wildman–Crippen LogP) is 1.15. The fourth-order valence-electron chi connectivity index (χ4n) is 0.464. The van der Waals surface area contributed by atoms with Gasteiger partial charge < -0.3 is 5.11 Å². The second-order valence-electron chi connectivity index (χ2n) is 1.96. The average molecular weight is 242 g/mol. The smallest absolute Gasteiger partial charge is 0.148 e. The average Bonchev–Trinajstić information content (AvgIpc) is 1.84. The highest BCUT2D eigenvalue weighted by molar-refractivity contribution is 14.1. The highest BCUT2D eigenvalue weighted by atomic mass is 127. The summed E-state index contributed by atoms with van der Waals surface area (Å²) in [6.45, 7) is 3.43. The Labute approximate surface area is 68.8 Å². The molecule has 0 bridgehead atoms. The Balaban J connectivity index is 3.72. The topological polar surface area (TPSA) is 37.3 Å². The van der Waals surface area contributed by atoms with Gasteiger partial charge in [0.2, 0.25) is 0 Å². The third-order valence-electron chi connectivity index (χ3n) is 1.08. The molecule has 3 heteroatoms. The first-order valence-corrected chi connectivity index (χ1v) is 4.19. The largest absolute Gasteiger partial charge is 0.392 e. The zero-order chi connectivity index (χ0) is 7.44. The third kappa shape index (κ3) is 3.15. The summed E-state index contributed by atoms with van der Waals surface area (Å²) in [5, 5.41) is 8.89. The predicted molar refractivity (Wildman–Crippen MR) is 44.8 cm³/mol. The molecule has 0 aromatic rings. The Morgan fingerprint density at radius 1 is 1.78 bits per heavy atom. The maximum Gasteiger partial charge on any atom is 0.148 e. The second-order valence-corrected chi connectivity index (χ2v) is 3.30. The minimum absolute atomic E-state index is 0.116. The third-order valence-corrected chi connectivity index (χ3v) is 2.82. The molecule has 54 valence electrons. The van der Waals surface area contributed by atoms with E-state index in [1.165, 1.54) is 0 Å². The van der Waals surface area contributed by atoms with Crippen molar-refractivity contribution in [2.75, 3.05) is 0 Å². The van der Waals surface area contributed by atoms with E-state index in [4.69, 9.17) is 5.11 Å².